The maximum absolute atomic E-state index is 12.3. The first-order valence-corrected chi connectivity index (χ1v) is 4.78. The van der Waals surface area contributed by atoms with E-state index >= 15 is 0 Å². The summed E-state index contributed by atoms with van der Waals surface area (Å²) in [6.07, 6.45) is -0.377. The summed E-state index contributed by atoms with van der Waals surface area (Å²) >= 11 is 0. The predicted octanol–water partition coefficient (Wildman–Crippen LogP) is 1.05. The Morgan fingerprint density at radius 1 is 1.59 bits per heavy atom. The molecular formula is C9H11F2N3O3. The summed E-state index contributed by atoms with van der Waals surface area (Å²) in [7, 11) is 0. The van der Waals surface area contributed by atoms with E-state index in [1.807, 2.05) is 0 Å². The molecule has 17 heavy (non-hydrogen) atoms. The molecule has 1 N–H and O–H groups in total. The molecule has 0 saturated carbocycles. The molecular weight excluding hydrogens is 236 g/mol. The van der Waals surface area contributed by atoms with Crippen molar-refractivity contribution in [2.24, 2.45) is 0 Å². The second kappa shape index (κ2) is 6.04. The van der Waals surface area contributed by atoms with Crippen molar-refractivity contribution in [1.82, 2.24) is 4.98 Å². The molecule has 6 nitrogen and oxygen atoms in total. The van der Waals surface area contributed by atoms with Crippen LogP contribution < -0.4 is 4.90 Å². The SMILES string of the molecule is O=[N+]([O-])c1cnccc1N(CCO)CC(F)F. The van der Waals surface area contributed by atoms with Crippen LogP contribution in [0.4, 0.5) is 20.2 Å². The number of aromatic nitrogens is 1. The highest BCUT2D eigenvalue weighted by Gasteiger charge is 2.21. The maximum atomic E-state index is 12.3. The van der Waals surface area contributed by atoms with Crippen molar-refractivity contribution in [3.8, 4) is 0 Å². The van der Waals surface area contributed by atoms with Gasteiger partial charge in [-0.05, 0) is 6.07 Å². The van der Waals surface area contributed by atoms with Gasteiger partial charge in [0.15, 0.2) is 0 Å². The van der Waals surface area contributed by atoms with Crippen LogP contribution in [0.2, 0.25) is 0 Å². The van der Waals surface area contributed by atoms with Crippen LogP contribution in [0.15, 0.2) is 18.5 Å². The Kier molecular flexibility index (Phi) is 4.70. The van der Waals surface area contributed by atoms with Crippen molar-refractivity contribution >= 4 is 11.4 Å². The lowest BCUT2D eigenvalue weighted by atomic mass is 10.3. The second-order valence-electron chi connectivity index (χ2n) is 3.18. The standard InChI is InChI=1S/C9H11F2N3O3/c10-9(11)6-13(3-4-15)7-1-2-12-5-8(7)14(16)17/h1-2,5,9,15H,3-4,6H2. The van der Waals surface area contributed by atoms with Gasteiger partial charge >= 0.3 is 5.69 Å². The molecule has 0 amide bonds. The van der Waals surface area contributed by atoms with E-state index in [1.165, 1.54) is 12.3 Å². The van der Waals surface area contributed by atoms with Crippen molar-refractivity contribution in [3.63, 3.8) is 0 Å². The van der Waals surface area contributed by atoms with Crippen molar-refractivity contribution in [1.29, 1.82) is 0 Å². The maximum Gasteiger partial charge on any atom is 0.310 e. The minimum atomic E-state index is -2.64. The zero-order chi connectivity index (χ0) is 12.8. The zero-order valence-electron chi connectivity index (χ0n) is 8.79. The number of hydrogen-bond acceptors (Lipinski definition) is 5. The van der Waals surface area contributed by atoms with E-state index in [4.69, 9.17) is 5.11 Å². The molecule has 0 aliphatic heterocycles. The lowest BCUT2D eigenvalue weighted by Crippen LogP contribution is -2.32. The summed E-state index contributed by atoms with van der Waals surface area (Å²) < 4.78 is 24.6. The van der Waals surface area contributed by atoms with Gasteiger partial charge in [-0.3, -0.25) is 15.1 Å². The number of anilines is 1. The third-order valence-corrected chi connectivity index (χ3v) is 2.04. The molecule has 1 aromatic heterocycles. The van der Waals surface area contributed by atoms with E-state index in [1.54, 1.807) is 0 Å². The quantitative estimate of drug-likeness (QED) is 0.600. The van der Waals surface area contributed by atoms with Crippen LogP contribution >= 0.6 is 0 Å². The lowest BCUT2D eigenvalue weighted by Gasteiger charge is -2.22. The van der Waals surface area contributed by atoms with Crippen molar-refractivity contribution < 1.29 is 18.8 Å². The van der Waals surface area contributed by atoms with Gasteiger partial charge in [0, 0.05) is 12.7 Å². The highest BCUT2D eigenvalue weighted by atomic mass is 19.3. The summed E-state index contributed by atoms with van der Waals surface area (Å²) in [6, 6.07) is 1.27. The average molecular weight is 247 g/mol. The summed E-state index contributed by atoms with van der Waals surface area (Å²) in [6.45, 7) is -1.15. The number of pyridine rings is 1. The number of hydrogen-bond donors (Lipinski definition) is 1. The third kappa shape index (κ3) is 3.59. The van der Waals surface area contributed by atoms with Crippen molar-refractivity contribution in [3.05, 3.63) is 28.6 Å². The third-order valence-electron chi connectivity index (χ3n) is 2.04. The van der Waals surface area contributed by atoms with E-state index in [2.05, 4.69) is 4.98 Å². The van der Waals surface area contributed by atoms with Crippen molar-refractivity contribution in [2.75, 3.05) is 24.6 Å². The molecule has 1 aromatic rings. The second-order valence-corrected chi connectivity index (χ2v) is 3.18. The first-order valence-electron chi connectivity index (χ1n) is 4.78. The summed E-state index contributed by atoms with van der Waals surface area (Å²) in [5, 5.41) is 19.5. The number of nitro groups is 1. The molecule has 94 valence electrons. The minimum Gasteiger partial charge on any atom is -0.395 e. The minimum absolute atomic E-state index is 0.0272. The fraction of sp³-hybridized carbons (Fsp3) is 0.444. The Bertz CT molecular complexity index is 390. The van der Waals surface area contributed by atoms with Crippen LogP contribution in [0.25, 0.3) is 0 Å². The lowest BCUT2D eigenvalue weighted by molar-refractivity contribution is -0.384. The Hall–Kier alpha value is -1.83. The monoisotopic (exact) mass is 247 g/mol. The van der Waals surface area contributed by atoms with Crippen LogP contribution in [0.3, 0.4) is 0 Å². The van der Waals surface area contributed by atoms with Gasteiger partial charge in [0.05, 0.1) is 18.1 Å². The largest absolute Gasteiger partial charge is 0.395 e. The van der Waals surface area contributed by atoms with Crippen LogP contribution in [0.5, 0.6) is 0 Å². The average Bonchev–Trinajstić information content (AvgIpc) is 2.28. The number of alkyl halides is 2. The molecule has 0 bridgehead atoms. The van der Waals surface area contributed by atoms with Gasteiger partial charge in [0.25, 0.3) is 6.43 Å². The van der Waals surface area contributed by atoms with Gasteiger partial charge < -0.3 is 10.0 Å². The molecule has 1 rings (SSSR count). The smallest absolute Gasteiger partial charge is 0.310 e. The number of halogens is 2. The number of aliphatic hydroxyl groups is 1. The Balaban J connectivity index is 3.04. The van der Waals surface area contributed by atoms with Gasteiger partial charge in [-0.1, -0.05) is 0 Å². The molecule has 1 heterocycles. The molecule has 0 saturated heterocycles. The van der Waals surface area contributed by atoms with Gasteiger partial charge in [-0.15, -0.1) is 0 Å². The van der Waals surface area contributed by atoms with Crippen LogP contribution in [0.1, 0.15) is 0 Å². The Labute approximate surface area is 95.6 Å². The van der Waals surface area contributed by atoms with Crippen LogP contribution in [0, 0.1) is 10.1 Å². The van der Waals surface area contributed by atoms with E-state index in [0.29, 0.717) is 0 Å². The first kappa shape index (κ1) is 13.2. The van der Waals surface area contributed by atoms with Gasteiger partial charge in [0.2, 0.25) is 0 Å². The van der Waals surface area contributed by atoms with Gasteiger partial charge in [-0.2, -0.15) is 0 Å². The molecule has 0 spiro atoms. The van der Waals surface area contributed by atoms with Gasteiger partial charge in [0.1, 0.15) is 11.9 Å². The topological polar surface area (TPSA) is 79.5 Å². The summed E-state index contributed by atoms with van der Waals surface area (Å²) in [4.78, 5) is 14.6. The fourth-order valence-electron chi connectivity index (χ4n) is 1.38. The number of nitrogens with zero attached hydrogens (tertiary/aromatic N) is 3. The molecule has 0 radical (unpaired) electrons. The van der Waals surface area contributed by atoms with Crippen LogP contribution in [-0.4, -0.2) is 41.1 Å². The van der Waals surface area contributed by atoms with E-state index < -0.39 is 17.9 Å². The summed E-state index contributed by atoms with van der Waals surface area (Å²) in [5.41, 5.74) is -0.332. The highest BCUT2D eigenvalue weighted by molar-refractivity contribution is 5.61. The first-order chi connectivity index (χ1) is 8.06. The van der Waals surface area contributed by atoms with Crippen molar-refractivity contribution in [2.45, 2.75) is 6.43 Å². The number of aliphatic hydroxyl groups excluding tert-OH is 1. The zero-order valence-corrected chi connectivity index (χ0v) is 8.79. The van der Waals surface area contributed by atoms with E-state index in [0.717, 1.165) is 11.1 Å². The molecule has 0 fully saturated rings. The summed E-state index contributed by atoms with van der Waals surface area (Å²) in [5.74, 6) is 0. The molecule has 0 atom stereocenters. The highest BCUT2D eigenvalue weighted by Crippen LogP contribution is 2.26. The molecule has 0 aliphatic carbocycles. The molecule has 0 aliphatic rings. The normalized spacial score (nSPS) is 10.6. The van der Waals surface area contributed by atoms with E-state index in [9.17, 15) is 18.9 Å². The molecule has 0 unspecified atom stereocenters. The Morgan fingerprint density at radius 2 is 2.29 bits per heavy atom. The molecule has 0 aromatic carbocycles. The van der Waals surface area contributed by atoms with Gasteiger partial charge in [-0.25, -0.2) is 8.78 Å². The number of rotatable bonds is 6. The van der Waals surface area contributed by atoms with E-state index in [-0.39, 0.29) is 24.5 Å². The Morgan fingerprint density at radius 3 is 2.82 bits per heavy atom. The molecule has 8 heteroatoms. The fourth-order valence-corrected chi connectivity index (χ4v) is 1.38. The van der Waals surface area contributed by atoms with Crippen LogP contribution in [-0.2, 0) is 0 Å². The predicted molar refractivity (Wildman–Crippen MR) is 56.2 cm³/mol.